The van der Waals surface area contributed by atoms with Gasteiger partial charge in [-0.2, -0.15) is 5.10 Å². The van der Waals surface area contributed by atoms with E-state index in [0.717, 1.165) is 9.26 Å². The fraction of sp³-hybridized carbons (Fsp3) is 0.267. The van der Waals surface area contributed by atoms with Crippen LogP contribution in [0, 0.1) is 3.57 Å². The van der Waals surface area contributed by atoms with Crippen LogP contribution in [0.4, 0.5) is 16.3 Å². The molecule has 8 heteroatoms. The molecule has 1 N–H and O–H groups in total. The fourth-order valence-corrected chi connectivity index (χ4v) is 2.95. The molecule has 3 rings (SSSR count). The first-order chi connectivity index (χ1) is 11.1. The normalized spacial score (nSPS) is 14.7. The van der Waals surface area contributed by atoms with Crippen molar-refractivity contribution in [3.8, 4) is 0 Å². The highest BCUT2D eigenvalue weighted by molar-refractivity contribution is 14.1. The molecule has 0 aliphatic carbocycles. The van der Waals surface area contributed by atoms with Crippen molar-refractivity contribution in [2.75, 3.05) is 36.4 Å². The monoisotopic (exact) mass is 443 g/mol. The number of nitrogens with one attached hydrogen (secondary N) is 1. The number of nitrogens with zero attached hydrogens (tertiary/aromatic N) is 4. The van der Waals surface area contributed by atoms with Crippen molar-refractivity contribution >= 4 is 51.7 Å². The molecule has 0 spiro atoms. The summed E-state index contributed by atoms with van der Waals surface area (Å²) in [4.78, 5) is 16.1. The van der Waals surface area contributed by atoms with Crippen molar-refractivity contribution in [3.63, 3.8) is 0 Å². The summed E-state index contributed by atoms with van der Waals surface area (Å²) in [6.45, 7) is 2.59. The molecule has 2 amide bonds. The molecule has 2 aromatic rings. The lowest BCUT2D eigenvalue weighted by molar-refractivity contribution is 0.208. The molecule has 120 valence electrons. The summed E-state index contributed by atoms with van der Waals surface area (Å²) in [5.41, 5.74) is 0.801. The molecule has 23 heavy (non-hydrogen) atoms. The van der Waals surface area contributed by atoms with Gasteiger partial charge >= 0.3 is 6.03 Å². The maximum atomic E-state index is 12.3. The third-order valence-electron chi connectivity index (χ3n) is 3.62. The highest BCUT2D eigenvalue weighted by Gasteiger charge is 2.23. The molecule has 1 saturated heterocycles. The third-order valence-corrected chi connectivity index (χ3v) is 4.63. The summed E-state index contributed by atoms with van der Waals surface area (Å²) in [5.74, 6) is 0.673. The van der Waals surface area contributed by atoms with Gasteiger partial charge in [-0.15, -0.1) is 5.10 Å². The summed E-state index contributed by atoms with van der Waals surface area (Å²) in [6, 6.07) is 9.36. The highest BCUT2D eigenvalue weighted by atomic mass is 127. The number of amides is 2. The van der Waals surface area contributed by atoms with Gasteiger partial charge in [0, 0.05) is 35.4 Å². The zero-order chi connectivity index (χ0) is 16.2. The van der Waals surface area contributed by atoms with Crippen molar-refractivity contribution in [1.82, 2.24) is 15.1 Å². The molecule has 0 radical (unpaired) electrons. The average molecular weight is 444 g/mol. The molecule has 6 nitrogen and oxygen atoms in total. The molecule has 0 atom stereocenters. The summed E-state index contributed by atoms with van der Waals surface area (Å²) in [5, 5.41) is 11.4. The Hall–Kier alpha value is -1.61. The van der Waals surface area contributed by atoms with Gasteiger partial charge in [0.25, 0.3) is 0 Å². The number of anilines is 2. The number of benzene rings is 1. The number of aromatic nitrogens is 2. The molecule has 1 aromatic heterocycles. The fourth-order valence-electron chi connectivity index (χ4n) is 2.38. The minimum Gasteiger partial charge on any atom is -0.350 e. The first-order valence-corrected chi connectivity index (χ1v) is 8.63. The maximum absolute atomic E-state index is 12.3. The molecule has 0 unspecified atom stereocenters. The third kappa shape index (κ3) is 4.03. The summed E-state index contributed by atoms with van der Waals surface area (Å²) in [6.07, 6.45) is 1.57. The predicted molar refractivity (Wildman–Crippen MR) is 99.0 cm³/mol. The van der Waals surface area contributed by atoms with Gasteiger partial charge in [0.05, 0.1) is 11.2 Å². The average Bonchev–Trinajstić information content (AvgIpc) is 2.57. The van der Waals surface area contributed by atoms with E-state index in [0.29, 0.717) is 37.0 Å². The predicted octanol–water partition coefficient (Wildman–Crippen LogP) is 3.09. The molecular formula is C15H15ClIN5O. The van der Waals surface area contributed by atoms with Gasteiger partial charge < -0.3 is 15.1 Å². The van der Waals surface area contributed by atoms with E-state index in [-0.39, 0.29) is 6.03 Å². The Bertz CT molecular complexity index is 689. The minimum atomic E-state index is -0.0869. The number of carbonyl (C=O) groups excluding carboxylic acids is 1. The summed E-state index contributed by atoms with van der Waals surface area (Å²) < 4.78 is 1.13. The summed E-state index contributed by atoms with van der Waals surface area (Å²) in [7, 11) is 0. The number of hydrogen-bond donors (Lipinski definition) is 1. The van der Waals surface area contributed by atoms with Crippen LogP contribution in [0.2, 0.25) is 5.02 Å². The second-order valence-electron chi connectivity index (χ2n) is 5.11. The minimum absolute atomic E-state index is 0.0869. The first kappa shape index (κ1) is 16.3. The largest absolute Gasteiger partial charge is 0.350 e. The zero-order valence-electron chi connectivity index (χ0n) is 12.2. The second kappa shape index (κ2) is 7.31. The van der Waals surface area contributed by atoms with E-state index in [1.165, 1.54) is 0 Å². The Balaban J connectivity index is 1.57. The topological polar surface area (TPSA) is 61.4 Å². The molecule has 0 bridgehead atoms. The zero-order valence-corrected chi connectivity index (χ0v) is 15.2. The molecule has 1 fully saturated rings. The van der Waals surface area contributed by atoms with Crippen LogP contribution in [-0.2, 0) is 0 Å². The Kier molecular flexibility index (Phi) is 5.16. The van der Waals surface area contributed by atoms with Crippen LogP contribution in [0.1, 0.15) is 0 Å². The van der Waals surface area contributed by atoms with E-state index < -0.39 is 0 Å². The molecule has 2 heterocycles. The lowest BCUT2D eigenvalue weighted by atomic mass is 10.3. The number of rotatable bonds is 2. The van der Waals surface area contributed by atoms with E-state index in [1.54, 1.807) is 17.2 Å². The van der Waals surface area contributed by atoms with Gasteiger partial charge in [0.2, 0.25) is 0 Å². The van der Waals surface area contributed by atoms with E-state index >= 15 is 0 Å². The summed E-state index contributed by atoms with van der Waals surface area (Å²) >= 11 is 8.37. The van der Waals surface area contributed by atoms with Crippen LogP contribution in [0.5, 0.6) is 0 Å². The van der Waals surface area contributed by atoms with Crippen molar-refractivity contribution in [2.45, 2.75) is 0 Å². The van der Waals surface area contributed by atoms with Crippen LogP contribution in [-0.4, -0.2) is 47.3 Å². The van der Waals surface area contributed by atoms with E-state index in [2.05, 4.69) is 38.1 Å². The molecule has 0 saturated carbocycles. The van der Waals surface area contributed by atoms with Gasteiger partial charge in [-0.3, -0.25) is 0 Å². The Morgan fingerprint density at radius 2 is 1.83 bits per heavy atom. The number of halogens is 2. The van der Waals surface area contributed by atoms with Crippen molar-refractivity contribution < 1.29 is 4.79 Å². The number of carbonyl (C=O) groups is 1. The van der Waals surface area contributed by atoms with Crippen molar-refractivity contribution in [2.24, 2.45) is 0 Å². The number of hydrogen-bond acceptors (Lipinski definition) is 4. The Morgan fingerprint density at radius 1 is 1.13 bits per heavy atom. The molecule has 1 aliphatic heterocycles. The second-order valence-corrected chi connectivity index (χ2v) is 6.77. The standard InChI is InChI=1S/C15H15ClIN5O/c16-13-5-6-18-20-14(13)21-7-9-22(10-8-21)15(23)19-12-3-1-11(17)2-4-12/h1-6H,7-10H2,(H,19,23). The molecule has 1 aliphatic rings. The van der Waals surface area contributed by atoms with E-state index in [9.17, 15) is 4.79 Å². The van der Waals surface area contributed by atoms with Crippen molar-refractivity contribution in [1.29, 1.82) is 0 Å². The van der Waals surface area contributed by atoms with Crippen LogP contribution in [0.25, 0.3) is 0 Å². The Morgan fingerprint density at radius 3 is 2.48 bits per heavy atom. The Labute approximate surface area is 153 Å². The number of urea groups is 1. The van der Waals surface area contributed by atoms with Crippen LogP contribution < -0.4 is 10.2 Å². The number of piperazine rings is 1. The SMILES string of the molecule is O=C(Nc1ccc(I)cc1)N1CCN(c2nnccc2Cl)CC1. The van der Waals surface area contributed by atoms with Crippen LogP contribution >= 0.6 is 34.2 Å². The quantitative estimate of drug-likeness (QED) is 0.725. The van der Waals surface area contributed by atoms with Gasteiger partial charge in [-0.25, -0.2) is 4.79 Å². The van der Waals surface area contributed by atoms with Gasteiger partial charge in [0.15, 0.2) is 5.82 Å². The highest BCUT2D eigenvalue weighted by Crippen LogP contribution is 2.22. The maximum Gasteiger partial charge on any atom is 0.321 e. The first-order valence-electron chi connectivity index (χ1n) is 7.17. The van der Waals surface area contributed by atoms with Crippen LogP contribution in [0.15, 0.2) is 36.5 Å². The lowest BCUT2D eigenvalue weighted by Crippen LogP contribution is -2.50. The van der Waals surface area contributed by atoms with E-state index in [4.69, 9.17) is 11.6 Å². The lowest BCUT2D eigenvalue weighted by Gasteiger charge is -2.35. The van der Waals surface area contributed by atoms with E-state index in [1.807, 2.05) is 29.2 Å². The van der Waals surface area contributed by atoms with Gasteiger partial charge in [-0.05, 0) is 52.9 Å². The van der Waals surface area contributed by atoms with Crippen molar-refractivity contribution in [3.05, 3.63) is 45.1 Å². The van der Waals surface area contributed by atoms with Crippen LogP contribution in [0.3, 0.4) is 0 Å². The molecule has 1 aromatic carbocycles. The van der Waals surface area contributed by atoms with Gasteiger partial charge in [0.1, 0.15) is 0 Å². The smallest absolute Gasteiger partial charge is 0.321 e. The van der Waals surface area contributed by atoms with Gasteiger partial charge in [-0.1, -0.05) is 11.6 Å². The molecular weight excluding hydrogens is 429 g/mol.